The van der Waals surface area contributed by atoms with Gasteiger partial charge in [0, 0.05) is 22.4 Å². The summed E-state index contributed by atoms with van der Waals surface area (Å²) in [7, 11) is 0. The molecule has 2 aromatic rings. The molecule has 0 saturated carbocycles. The normalized spacial score (nSPS) is 11.4. The van der Waals surface area contributed by atoms with Crippen LogP contribution in [0, 0.1) is 0 Å². The average molecular weight is 351 g/mol. The molecule has 112 valence electrons. The maximum absolute atomic E-state index is 11.7. The van der Waals surface area contributed by atoms with Crippen molar-refractivity contribution in [3.8, 4) is 0 Å². The fraction of sp³-hybridized carbons (Fsp3) is 0.333. The number of aromatic amines is 1. The zero-order chi connectivity index (χ0) is 15.5. The van der Waals surface area contributed by atoms with Gasteiger partial charge >= 0.3 is 0 Å². The Morgan fingerprint density at radius 1 is 1.38 bits per heavy atom. The van der Waals surface area contributed by atoms with Gasteiger partial charge in [0.15, 0.2) is 0 Å². The molecule has 21 heavy (non-hydrogen) atoms. The summed E-state index contributed by atoms with van der Waals surface area (Å²) in [5, 5.41) is 6.42. The number of nitrogens with one attached hydrogen (secondary N) is 3. The molecule has 0 radical (unpaired) electrons. The van der Waals surface area contributed by atoms with E-state index in [0.29, 0.717) is 11.5 Å². The molecule has 2 heterocycles. The summed E-state index contributed by atoms with van der Waals surface area (Å²) in [6.07, 6.45) is 3.42. The highest BCUT2D eigenvalue weighted by atomic mass is 79.9. The second kappa shape index (κ2) is 6.41. The van der Waals surface area contributed by atoms with Gasteiger partial charge in [0.1, 0.15) is 11.5 Å². The van der Waals surface area contributed by atoms with E-state index in [1.54, 1.807) is 12.3 Å². The molecule has 2 aromatic heterocycles. The Hall–Kier alpha value is -1.66. The zero-order valence-electron chi connectivity index (χ0n) is 12.3. The number of hydrogen-bond acceptors (Lipinski definition) is 4. The molecule has 0 unspecified atom stereocenters. The van der Waals surface area contributed by atoms with Crippen LogP contribution in [0.3, 0.4) is 0 Å². The van der Waals surface area contributed by atoms with Crippen LogP contribution in [0.25, 0.3) is 0 Å². The molecule has 0 aliphatic rings. The van der Waals surface area contributed by atoms with E-state index in [9.17, 15) is 4.79 Å². The lowest BCUT2D eigenvalue weighted by Gasteiger charge is -2.26. The maximum Gasteiger partial charge on any atom is 0.271 e. The number of nitrogens with zero attached hydrogens (tertiary/aromatic N) is 1. The summed E-state index contributed by atoms with van der Waals surface area (Å²) in [6.45, 7) is 7.18. The summed E-state index contributed by atoms with van der Waals surface area (Å²) < 4.78 is 0.800. The minimum atomic E-state index is -0.183. The Bertz CT molecular complexity index is 664. The van der Waals surface area contributed by atoms with Gasteiger partial charge in [0.25, 0.3) is 5.56 Å². The van der Waals surface area contributed by atoms with Gasteiger partial charge in [-0.3, -0.25) is 4.79 Å². The van der Waals surface area contributed by atoms with Crippen molar-refractivity contribution in [3.63, 3.8) is 0 Å². The van der Waals surface area contributed by atoms with Gasteiger partial charge in [0.2, 0.25) is 0 Å². The standard InChI is InChI=1S/C15H19BrN4O/c1-4-19-15(2,3)10-5-6-13(17-8-10)20-12-7-11(16)9-18-14(12)21/h5-9,19H,4H2,1-3H3,(H,17,20)(H,18,21). The quantitative estimate of drug-likeness (QED) is 0.774. The topological polar surface area (TPSA) is 69.8 Å². The van der Waals surface area contributed by atoms with E-state index in [4.69, 9.17) is 0 Å². The lowest BCUT2D eigenvalue weighted by molar-refractivity contribution is 0.414. The molecule has 0 saturated heterocycles. The van der Waals surface area contributed by atoms with Crippen molar-refractivity contribution in [2.75, 3.05) is 11.9 Å². The van der Waals surface area contributed by atoms with Gasteiger partial charge in [-0.05, 0) is 54.0 Å². The van der Waals surface area contributed by atoms with Crippen molar-refractivity contribution in [2.24, 2.45) is 0 Å². The molecule has 3 N–H and O–H groups in total. The minimum absolute atomic E-state index is 0.131. The van der Waals surface area contributed by atoms with Crippen LogP contribution in [0.15, 0.2) is 39.9 Å². The number of hydrogen-bond donors (Lipinski definition) is 3. The van der Waals surface area contributed by atoms with Crippen molar-refractivity contribution < 1.29 is 0 Å². The first-order chi connectivity index (χ1) is 9.92. The largest absolute Gasteiger partial charge is 0.336 e. The fourth-order valence-corrected chi connectivity index (χ4v) is 2.41. The van der Waals surface area contributed by atoms with E-state index >= 15 is 0 Å². The molecule has 0 aromatic carbocycles. The smallest absolute Gasteiger partial charge is 0.271 e. The van der Waals surface area contributed by atoms with E-state index < -0.39 is 0 Å². The molecule has 0 spiro atoms. The van der Waals surface area contributed by atoms with Crippen LogP contribution < -0.4 is 16.2 Å². The Morgan fingerprint density at radius 3 is 2.76 bits per heavy atom. The SMILES string of the molecule is CCNC(C)(C)c1ccc(Nc2cc(Br)c[nH]c2=O)nc1. The number of halogens is 1. The summed E-state index contributed by atoms with van der Waals surface area (Å²) in [5.74, 6) is 0.634. The van der Waals surface area contributed by atoms with Gasteiger partial charge in [-0.1, -0.05) is 13.0 Å². The highest BCUT2D eigenvalue weighted by molar-refractivity contribution is 9.10. The highest BCUT2D eigenvalue weighted by Crippen LogP contribution is 2.21. The Labute approximate surface area is 132 Å². The highest BCUT2D eigenvalue weighted by Gasteiger charge is 2.18. The number of rotatable bonds is 5. The van der Waals surface area contributed by atoms with E-state index in [2.05, 4.69) is 57.3 Å². The van der Waals surface area contributed by atoms with Crippen molar-refractivity contribution in [2.45, 2.75) is 26.3 Å². The molecule has 0 bridgehead atoms. The van der Waals surface area contributed by atoms with Crippen LogP contribution in [0.1, 0.15) is 26.3 Å². The van der Waals surface area contributed by atoms with Crippen LogP contribution in [0.4, 0.5) is 11.5 Å². The summed E-state index contributed by atoms with van der Waals surface area (Å²) in [4.78, 5) is 18.7. The van der Waals surface area contributed by atoms with E-state index in [1.807, 2.05) is 18.3 Å². The van der Waals surface area contributed by atoms with Gasteiger partial charge in [-0.25, -0.2) is 4.98 Å². The Kier molecular flexibility index (Phi) is 4.80. The van der Waals surface area contributed by atoms with Crippen LogP contribution in [0.5, 0.6) is 0 Å². The van der Waals surface area contributed by atoms with Gasteiger partial charge in [-0.15, -0.1) is 0 Å². The second-order valence-electron chi connectivity index (χ2n) is 5.27. The van der Waals surface area contributed by atoms with Crippen LogP contribution in [0.2, 0.25) is 0 Å². The van der Waals surface area contributed by atoms with E-state index in [-0.39, 0.29) is 11.1 Å². The van der Waals surface area contributed by atoms with Crippen molar-refractivity contribution in [1.82, 2.24) is 15.3 Å². The number of H-pyrrole nitrogens is 1. The average Bonchev–Trinajstić information content (AvgIpc) is 2.43. The Morgan fingerprint density at radius 2 is 2.14 bits per heavy atom. The molecular formula is C15H19BrN4O. The minimum Gasteiger partial charge on any atom is -0.336 e. The molecule has 0 aliphatic heterocycles. The van der Waals surface area contributed by atoms with Gasteiger partial charge in [-0.2, -0.15) is 0 Å². The molecule has 5 nitrogen and oxygen atoms in total. The van der Waals surface area contributed by atoms with Crippen LogP contribution in [-0.2, 0) is 5.54 Å². The first kappa shape index (κ1) is 15.7. The summed E-state index contributed by atoms with van der Waals surface area (Å²) >= 11 is 3.33. The van der Waals surface area contributed by atoms with Gasteiger partial charge < -0.3 is 15.6 Å². The molecule has 0 fully saturated rings. The predicted molar refractivity (Wildman–Crippen MR) is 89.0 cm³/mol. The monoisotopic (exact) mass is 350 g/mol. The zero-order valence-corrected chi connectivity index (χ0v) is 13.9. The molecule has 0 aliphatic carbocycles. The van der Waals surface area contributed by atoms with E-state index in [1.165, 1.54) is 0 Å². The maximum atomic E-state index is 11.7. The Balaban J connectivity index is 2.20. The first-order valence-electron chi connectivity index (χ1n) is 6.79. The third-order valence-corrected chi connectivity index (χ3v) is 3.69. The van der Waals surface area contributed by atoms with Gasteiger partial charge in [0.05, 0.1) is 0 Å². The third-order valence-electron chi connectivity index (χ3n) is 3.23. The second-order valence-corrected chi connectivity index (χ2v) is 6.19. The van der Waals surface area contributed by atoms with E-state index in [0.717, 1.165) is 16.6 Å². The number of aromatic nitrogens is 2. The summed E-state index contributed by atoms with van der Waals surface area (Å²) in [5.41, 5.74) is 1.23. The molecule has 0 atom stereocenters. The molecule has 0 amide bonds. The molecule has 6 heteroatoms. The van der Waals surface area contributed by atoms with Crippen molar-refractivity contribution in [1.29, 1.82) is 0 Å². The van der Waals surface area contributed by atoms with Crippen LogP contribution in [-0.4, -0.2) is 16.5 Å². The lowest BCUT2D eigenvalue weighted by Crippen LogP contribution is -2.36. The van der Waals surface area contributed by atoms with Crippen molar-refractivity contribution in [3.05, 3.63) is 51.0 Å². The number of anilines is 2. The number of pyridine rings is 2. The molecule has 2 rings (SSSR count). The molecular weight excluding hydrogens is 332 g/mol. The van der Waals surface area contributed by atoms with Crippen LogP contribution >= 0.6 is 15.9 Å². The third kappa shape index (κ3) is 3.92. The summed E-state index contributed by atoms with van der Waals surface area (Å²) in [6, 6.07) is 5.59. The first-order valence-corrected chi connectivity index (χ1v) is 7.58. The predicted octanol–water partition coefficient (Wildman–Crippen LogP) is 3.12. The lowest BCUT2D eigenvalue weighted by atomic mass is 9.96. The van der Waals surface area contributed by atoms with Crippen molar-refractivity contribution >= 4 is 27.4 Å². The fourth-order valence-electron chi connectivity index (χ4n) is 2.07.